The van der Waals surface area contributed by atoms with E-state index in [4.69, 9.17) is 0 Å². The summed E-state index contributed by atoms with van der Waals surface area (Å²) in [5.41, 5.74) is 13.2. The van der Waals surface area contributed by atoms with E-state index in [1.165, 1.54) is 22.6 Å². The largest absolute Gasteiger partial charge is 0.310 e. The molecule has 0 aliphatic rings. The van der Waals surface area contributed by atoms with Crippen LogP contribution in [0.1, 0.15) is 11.1 Å². The summed E-state index contributed by atoms with van der Waals surface area (Å²) in [6, 6.07) is 86.3. The third-order valence-electron chi connectivity index (χ3n) is 15.8. The topological polar surface area (TPSA) is 16.3 Å². The Balaban J connectivity index is 0.890. The highest BCUT2D eigenvalue weighted by Gasteiger charge is 2.32. The molecule has 8 heteroatoms. The minimum Gasteiger partial charge on any atom is -0.310 e. The molecule has 0 saturated heterocycles. The average molecular weight is 1070 g/mol. The minimum atomic E-state index is -1.54. The predicted octanol–water partition coefficient (Wildman–Crippen LogP) is 21.0. The molecular formula is C74H50F4N4. The second kappa shape index (κ2) is 20.3. The molecule has 0 radical (unpaired) electrons. The number of aryl methyl sites for hydroxylation is 2. The molecule has 0 N–H and O–H groups in total. The van der Waals surface area contributed by atoms with Crippen molar-refractivity contribution >= 4 is 77.7 Å². The molecular weight excluding hydrogens is 1020 g/mol. The number of nitrogens with zero attached hydrogens (tertiary/aromatic N) is 4. The van der Waals surface area contributed by atoms with Gasteiger partial charge in [0.15, 0.2) is 23.3 Å². The first-order valence-electron chi connectivity index (χ1n) is 27.2. The van der Waals surface area contributed by atoms with Crippen LogP contribution in [0.5, 0.6) is 0 Å². The summed E-state index contributed by atoms with van der Waals surface area (Å²) in [6.07, 6.45) is 0. The van der Waals surface area contributed by atoms with Crippen molar-refractivity contribution < 1.29 is 17.6 Å². The lowest BCUT2D eigenvalue weighted by Crippen LogP contribution is -2.16. The van der Waals surface area contributed by atoms with Crippen LogP contribution in [0.25, 0.3) is 88.4 Å². The molecule has 0 saturated carbocycles. The second-order valence-corrected chi connectivity index (χ2v) is 20.8. The van der Waals surface area contributed by atoms with Gasteiger partial charge in [0, 0.05) is 61.4 Å². The summed E-state index contributed by atoms with van der Waals surface area (Å²) >= 11 is 0. The van der Waals surface area contributed by atoms with E-state index in [1.807, 2.05) is 140 Å². The van der Waals surface area contributed by atoms with Gasteiger partial charge in [-0.1, -0.05) is 169 Å². The van der Waals surface area contributed by atoms with Crippen LogP contribution in [0.4, 0.5) is 51.7 Å². The van der Waals surface area contributed by atoms with Crippen LogP contribution in [0.2, 0.25) is 0 Å². The molecule has 2 heterocycles. The number of hydrogen-bond acceptors (Lipinski definition) is 2. The molecule has 14 rings (SSSR count). The molecule has 82 heavy (non-hydrogen) atoms. The Bertz CT molecular complexity index is 4680. The van der Waals surface area contributed by atoms with Gasteiger partial charge in [-0.2, -0.15) is 0 Å². The number of rotatable bonds is 11. The van der Waals surface area contributed by atoms with Crippen molar-refractivity contribution in [3.8, 4) is 44.8 Å². The fraction of sp³-hybridized carbons (Fsp3) is 0.0270. The molecule has 0 fully saturated rings. The molecule has 12 aromatic carbocycles. The summed E-state index contributed by atoms with van der Waals surface area (Å²) in [5, 5.41) is 3.78. The molecule has 2 aromatic heterocycles. The highest BCUT2D eigenvalue weighted by Crippen LogP contribution is 2.47. The van der Waals surface area contributed by atoms with E-state index in [2.05, 4.69) is 112 Å². The van der Waals surface area contributed by atoms with E-state index in [9.17, 15) is 0 Å². The maximum absolute atomic E-state index is 17.5. The van der Waals surface area contributed by atoms with Gasteiger partial charge >= 0.3 is 0 Å². The van der Waals surface area contributed by atoms with Crippen LogP contribution in [0.3, 0.4) is 0 Å². The fourth-order valence-corrected chi connectivity index (χ4v) is 11.7. The summed E-state index contributed by atoms with van der Waals surface area (Å²) in [6.45, 7) is 4.11. The Labute approximate surface area is 471 Å². The molecule has 0 spiro atoms. The van der Waals surface area contributed by atoms with Crippen LogP contribution in [-0.2, 0) is 0 Å². The Morgan fingerprint density at radius 2 is 0.598 bits per heavy atom. The van der Waals surface area contributed by atoms with Gasteiger partial charge in [0.1, 0.15) is 5.69 Å². The van der Waals surface area contributed by atoms with Gasteiger partial charge < -0.3 is 18.9 Å². The van der Waals surface area contributed by atoms with Crippen LogP contribution < -0.4 is 9.80 Å². The van der Waals surface area contributed by atoms with Gasteiger partial charge in [-0.05, 0) is 151 Å². The molecule has 14 aromatic rings. The maximum Gasteiger partial charge on any atom is 0.186 e. The van der Waals surface area contributed by atoms with Crippen LogP contribution in [-0.4, -0.2) is 9.13 Å². The summed E-state index contributed by atoms with van der Waals surface area (Å²) in [4.78, 5) is 3.34. The normalized spacial score (nSPS) is 11.5. The van der Waals surface area contributed by atoms with Crippen molar-refractivity contribution in [1.82, 2.24) is 9.13 Å². The number of para-hydroxylation sites is 2. The van der Waals surface area contributed by atoms with E-state index in [1.54, 1.807) is 30.3 Å². The summed E-state index contributed by atoms with van der Waals surface area (Å²) in [7, 11) is 0. The number of benzene rings is 12. The Morgan fingerprint density at radius 3 is 1.02 bits per heavy atom. The molecule has 0 aliphatic heterocycles. The lowest BCUT2D eigenvalue weighted by atomic mass is 10.0. The smallest absolute Gasteiger partial charge is 0.186 e. The summed E-state index contributed by atoms with van der Waals surface area (Å²) in [5.74, 6) is -6.11. The van der Waals surface area contributed by atoms with Crippen molar-refractivity contribution in [2.24, 2.45) is 0 Å². The third-order valence-corrected chi connectivity index (χ3v) is 15.8. The lowest BCUT2D eigenvalue weighted by Gasteiger charge is -2.28. The third kappa shape index (κ3) is 8.55. The fourth-order valence-electron chi connectivity index (χ4n) is 11.7. The van der Waals surface area contributed by atoms with E-state index < -0.39 is 34.5 Å². The van der Waals surface area contributed by atoms with Gasteiger partial charge in [-0.15, -0.1) is 0 Å². The van der Waals surface area contributed by atoms with Gasteiger partial charge in [0.2, 0.25) is 0 Å². The number of hydrogen-bond donors (Lipinski definition) is 0. The molecule has 0 unspecified atom stereocenters. The molecule has 0 atom stereocenters. The molecule has 0 aliphatic carbocycles. The van der Waals surface area contributed by atoms with Gasteiger partial charge in [-0.3, -0.25) is 0 Å². The van der Waals surface area contributed by atoms with E-state index in [-0.39, 0.29) is 5.56 Å². The van der Waals surface area contributed by atoms with Crippen molar-refractivity contribution in [2.75, 3.05) is 9.80 Å². The SMILES string of the molecule is Cc1ccc(-n2c3ccccc3c3cc(N(c4ccc(-c5ccccc5)cc4)c4ccc(-c5c(F)c(F)c(N(c6ccc(-c7ccccc7)cc6)c6ccc7c(c6)c6ccccc6n7-c6ccc(C)cc6)c(F)c5F)cc4)ccc32)cc1. The zero-order valence-corrected chi connectivity index (χ0v) is 44.7. The van der Waals surface area contributed by atoms with Crippen LogP contribution >= 0.6 is 0 Å². The van der Waals surface area contributed by atoms with Crippen LogP contribution in [0, 0.1) is 37.1 Å². The predicted molar refractivity (Wildman–Crippen MR) is 330 cm³/mol. The molecule has 4 nitrogen and oxygen atoms in total. The molecule has 0 amide bonds. The zero-order chi connectivity index (χ0) is 55.6. The van der Waals surface area contributed by atoms with Crippen molar-refractivity contribution in [2.45, 2.75) is 13.8 Å². The van der Waals surface area contributed by atoms with Gasteiger partial charge in [-0.25, -0.2) is 17.6 Å². The first kappa shape index (κ1) is 49.8. The second-order valence-electron chi connectivity index (χ2n) is 20.8. The number of fused-ring (bicyclic) bond motifs is 6. The Kier molecular flexibility index (Phi) is 12.4. The maximum atomic E-state index is 17.5. The molecule has 394 valence electrons. The van der Waals surface area contributed by atoms with Gasteiger partial charge in [0.05, 0.1) is 27.6 Å². The van der Waals surface area contributed by atoms with Crippen molar-refractivity contribution in [1.29, 1.82) is 0 Å². The Morgan fingerprint density at radius 1 is 0.268 bits per heavy atom. The van der Waals surface area contributed by atoms with Crippen LogP contribution in [0.15, 0.2) is 267 Å². The van der Waals surface area contributed by atoms with E-state index in [0.29, 0.717) is 17.1 Å². The van der Waals surface area contributed by atoms with Gasteiger partial charge in [0.25, 0.3) is 0 Å². The summed E-state index contributed by atoms with van der Waals surface area (Å²) < 4.78 is 74.0. The highest BCUT2D eigenvalue weighted by molar-refractivity contribution is 6.12. The number of aromatic nitrogens is 2. The van der Waals surface area contributed by atoms with Crippen molar-refractivity contribution in [3.63, 3.8) is 0 Å². The number of anilines is 6. The average Bonchev–Trinajstić information content (AvgIpc) is 3.27. The minimum absolute atomic E-state index is 0.0387. The van der Waals surface area contributed by atoms with E-state index in [0.717, 1.165) is 94.2 Å². The first-order valence-corrected chi connectivity index (χ1v) is 27.2. The standard InChI is InChI=1S/C74H50F4N4/c1-47-21-31-57(32-22-47)81-65-19-11-9-17-61(65)63-45-59(41-43-67(63)81)79(54-35-25-51(26-36-54)49-13-5-3-6-14-49)55-39-29-53(30-40-55)69-70(75)72(77)74(73(78)71(69)76)80(56-37-27-52(28-38-56)50-15-7-4-8-16-50)60-42-44-68-64(46-60)62-18-10-12-20-66(62)82(68)58-33-23-48(2)24-34-58/h3-46H,1-2H3. The Hall–Kier alpha value is -10.4. The number of halogens is 4. The highest BCUT2D eigenvalue weighted by atomic mass is 19.2. The zero-order valence-electron chi connectivity index (χ0n) is 44.7. The van der Waals surface area contributed by atoms with E-state index >= 15 is 17.6 Å². The quantitative estimate of drug-likeness (QED) is 0.0948. The first-order chi connectivity index (χ1) is 40.2. The monoisotopic (exact) mass is 1070 g/mol. The van der Waals surface area contributed by atoms with Crippen molar-refractivity contribution in [3.05, 3.63) is 301 Å². The lowest BCUT2D eigenvalue weighted by molar-refractivity contribution is 0.461. The molecule has 0 bridgehead atoms.